The Bertz CT molecular complexity index is 366. The lowest BCUT2D eigenvalue weighted by molar-refractivity contribution is 0.905. The topological polar surface area (TPSA) is 67.1 Å². The van der Waals surface area contributed by atoms with Crippen LogP contribution in [0.4, 0.5) is 5.82 Å². The van der Waals surface area contributed by atoms with Gasteiger partial charge in [-0.3, -0.25) is 5.10 Å². The molecular formula is C8H9ClN4. The molecule has 0 fully saturated rings. The molecule has 2 heterocycles. The number of nitrogens with zero attached hydrogens (tertiary/aromatic N) is 2. The van der Waals surface area contributed by atoms with Crippen LogP contribution >= 0.6 is 11.6 Å². The van der Waals surface area contributed by atoms with Crippen LogP contribution in [0.15, 0.2) is 23.5 Å². The average Bonchev–Trinajstić information content (AvgIpc) is 2.52. The summed E-state index contributed by atoms with van der Waals surface area (Å²) < 4.78 is 0. The van der Waals surface area contributed by atoms with Crippen molar-refractivity contribution in [2.24, 2.45) is 4.99 Å². The number of anilines is 1. The summed E-state index contributed by atoms with van der Waals surface area (Å²) >= 11 is 5.95. The van der Waals surface area contributed by atoms with E-state index in [2.05, 4.69) is 15.2 Å². The highest BCUT2D eigenvalue weighted by molar-refractivity contribution is 6.66. The number of H-pyrrole nitrogens is 1. The number of hydrogen-bond donors (Lipinski definition) is 2. The molecule has 13 heavy (non-hydrogen) atoms. The highest BCUT2D eigenvalue weighted by Gasteiger charge is 2.20. The molecule has 0 bridgehead atoms. The number of hydrogen-bond acceptors (Lipinski definition) is 3. The maximum atomic E-state index is 5.95. The van der Waals surface area contributed by atoms with Crippen molar-refractivity contribution in [3.05, 3.63) is 24.0 Å². The van der Waals surface area contributed by atoms with Crippen LogP contribution in [-0.2, 0) is 0 Å². The fourth-order valence-corrected chi connectivity index (χ4v) is 1.61. The van der Waals surface area contributed by atoms with Crippen molar-refractivity contribution in [2.75, 3.05) is 5.73 Å². The van der Waals surface area contributed by atoms with Crippen molar-refractivity contribution < 1.29 is 0 Å². The summed E-state index contributed by atoms with van der Waals surface area (Å²) in [6, 6.07) is 0. The zero-order chi connectivity index (χ0) is 9.26. The van der Waals surface area contributed by atoms with Crippen LogP contribution in [0.25, 0.3) is 0 Å². The van der Waals surface area contributed by atoms with Crippen LogP contribution < -0.4 is 5.73 Å². The number of nitrogen functional groups attached to an aromatic ring is 1. The first kappa shape index (κ1) is 8.31. The first-order valence-electron chi connectivity index (χ1n) is 3.96. The van der Waals surface area contributed by atoms with E-state index in [1.165, 1.54) is 0 Å². The Balaban J connectivity index is 2.33. The number of aromatic nitrogens is 2. The molecule has 1 unspecified atom stereocenters. The molecule has 0 saturated heterocycles. The predicted molar refractivity (Wildman–Crippen MR) is 52.8 cm³/mol. The summed E-state index contributed by atoms with van der Waals surface area (Å²) in [5, 5.41) is 7.09. The molecule has 0 aromatic carbocycles. The van der Waals surface area contributed by atoms with Crippen LogP contribution in [0.5, 0.6) is 0 Å². The van der Waals surface area contributed by atoms with Gasteiger partial charge in [0, 0.05) is 17.7 Å². The van der Waals surface area contributed by atoms with Gasteiger partial charge in [-0.2, -0.15) is 5.10 Å². The largest absolute Gasteiger partial charge is 0.384 e. The molecule has 1 aromatic heterocycles. The van der Waals surface area contributed by atoms with Crippen molar-refractivity contribution in [1.82, 2.24) is 10.2 Å². The predicted octanol–water partition coefficient (Wildman–Crippen LogP) is 1.63. The Kier molecular flexibility index (Phi) is 2.06. The van der Waals surface area contributed by atoms with E-state index in [9.17, 15) is 0 Å². The fraction of sp³-hybridized carbons (Fsp3) is 0.250. The smallest absolute Gasteiger partial charge is 0.122 e. The van der Waals surface area contributed by atoms with Crippen LogP contribution in [0.3, 0.4) is 0 Å². The highest BCUT2D eigenvalue weighted by Crippen LogP contribution is 2.29. The van der Waals surface area contributed by atoms with Crippen molar-refractivity contribution >= 4 is 22.6 Å². The second-order valence-corrected chi connectivity index (χ2v) is 3.25. The molecule has 68 valence electrons. The summed E-state index contributed by atoms with van der Waals surface area (Å²) in [5.74, 6) is 0.624. The van der Waals surface area contributed by atoms with Crippen LogP contribution in [0.2, 0.25) is 0 Å². The minimum atomic E-state index is 0.0606. The molecule has 0 aliphatic carbocycles. The third kappa shape index (κ3) is 1.45. The van der Waals surface area contributed by atoms with Gasteiger partial charge >= 0.3 is 0 Å². The molecular weight excluding hydrogens is 188 g/mol. The Morgan fingerprint density at radius 2 is 2.46 bits per heavy atom. The Morgan fingerprint density at radius 1 is 1.62 bits per heavy atom. The van der Waals surface area contributed by atoms with Crippen molar-refractivity contribution in [3.8, 4) is 0 Å². The minimum Gasteiger partial charge on any atom is -0.384 e. The SMILES string of the molecule is Nc1[nH]ncc1C1CC=CN=C1Cl. The molecule has 3 N–H and O–H groups in total. The van der Waals surface area contributed by atoms with E-state index >= 15 is 0 Å². The number of halogens is 1. The number of nitrogens with one attached hydrogen (secondary N) is 1. The second kappa shape index (κ2) is 3.22. The molecule has 1 aliphatic heterocycles. The number of aliphatic imine (C=N–C) groups is 1. The van der Waals surface area contributed by atoms with Gasteiger partial charge in [0.1, 0.15) is 11.0 Å². The number of aromatic amines is 1. The van der Waals surface area contributed by atoms with Crippen LogP contribution in [-0.4, -0.2) is 15.4 Å². The second-order valence-electron chi connectivity index (χ2n) is 2.86. The van der Waals surface area contributed by atoms with Gasteiger partial charge in [0.2, 0.25) is 0 Å². The van der Waals surface area contributed by atoms with E-state index in [-0.39, 0.29) is 5.92 Å². The summed E-state index contributed by atoms with van der Waals surface area (Å²) in [4.78, 5) is 4.01. The van der Waals surface area contributed by atoms with Gasteiger partial charge in [-0.15, -0.1) is 0 Å². The molecule has 0 amide bonds. The van der Waals surface area contributed by atoms with Crippen LogP contribution in [0, 0.1) is 0 Å². The Morgan fingerprint density at radius 3 is 3.08 bits per heavy atom. The van der Waals surface area contributed by atoms with Crippen molar-refractivity contribution in [2.45, 2.75) is 12.3 Å². The first-order valence-corrected chi connectivity index (χ1v) is 4.34. The van der Waals surface area contributed by atoms with E-state index in [0.29, 0.717) is 11.0 Å². The third-order valence-corrected chi connectivity index (χ3v) is 2.40. The van der Waals surface area contributed by atoms with E-state index < -0.39 is 0 Å². The summed E-state index contributed by atoms with van der Waals surface area (Å²) in [6.45, 7) is 0. The van der Waals surface area contributed by atoms with E-state index in [1.54, 1.807) is 12.4 Å². The molecule has 5 heteroatoms. The maximum Gasteiger partial charge on any atom is 0.122 e. The van der Waals surface area contributed by atoms with Gasteiger partial charge in [-0.1, -0.05) is 17.7 Å². The lowest BCUT2D eigenvalue weighted by atomic mass is 9.98. The van der Waals surface area contributed by atoms with E-state index in [1.807, 2.05) is 6.08 Å². The lowest BCUT2D eigenvalue weighted by Crippen LogP contribution is -2.09. The van der Waals surface area contributed by atoms with Gasteiger partial charge in [0.15, 0.2) is 0 Å². The first-order chi connectivity index (χ1) is 6.29. The zero-order valence-corrected chi connectivity index (χ0v) is 7.62. The summed E-state index contributed by atoms with van der Waals surface area (Å²) in [6.07, 6.45) is 6.18. The molecule has 1 atom stereocenters. The third-order valence-electron chi connectivity index (χ3n) is 2.04. The van der Waals surface area contributed by atoms with Gasteiger partial charge < -0.3 is 5.73 Å². The van der Waals surface area contributed by atoms with Crippen LogP contribution in [0.1, 0.15) is 17.9 Å². The number of rotatable bonds is 1. The average molecular weight is 197 g/mol. The van der Waals surface area contributed by atoms with Gasteiger partial charge in [0.05, 0.1) is 6.20 Å². The molecule has 0 radical (unpaired) electrons. The minimum absolute atomic E-state index is 0.0606. The van der Waals surface area contributed by atoms with E-state index in [0.717, 1.165) is 12.0 Å². The number of nitrogens with two attached hydrogens (primary N) is 1. The monoisotopic (exact) mass is 196 g/mol. The normalized spacial score (nSPS) is 21.6. The number of allylic oxidation sites excluding steroid dienone is 1. The fourth-order valence-electron chi connectivity index (χ4n) is 1.35. The van der Waals surface area contributed by atoms with Gasteiger partial charge in [-0.25, -0.2) is 4.99 Å². The van der Waals surface area contributed by atoms with Gasteiger partial charge in [-0.05, 0) is 6.42 Å². The summed E-state index contributed by atoms with van der Waals surface area (Å²) in [7, 11) is 0. The molecule has 1 aromatic rings. The molecule has 1 aliphatic rings. The lowest BCUT2D eigenvalue weighted by Gasteiger charge is -2.14. The molecule has 2 rings (SSSR count). The Labute approximate surface area is 80.5 Å². The highest BCUT2D eigenvalue weighted by atomic mass is 35.5. The Hall–Kier alpha value is -1.29. The quantitative estimate of drug-likeness (QED) is 0.717. The standard InChI is InChI=1S/C8H9ClN4/c9-7-5(2-1-3-11-7)6-4-12-13-8(6)10/h1,3-5H,2H2,(H3,10,12,13). The molecule has 4 nitrogen and oxygen atoms in total. The summed E-state index contributed by atoms with van der Waals surface area (Å²) in [5.41, 5.74) is 6.59. The zero-order valence-electron chi connectivity index (χ0n) is 6.87. The van der Waals surface area contributed by atoms with Gasteiger partial charge in [0.25, 0.3) is 0 Å². The maximum absolute atomic E-state index is 5.95. The van der Waals surface area contributed by atoms with Crippen molar-refractivity contribution in [3.63, 3.8) is 0 Å². The van der Waals surface area contributed by atoms with E-state index in [4.69, 9.17) is 17.3 Å². The molecule has 0 saturated carbocycles. The van der Waals surface area contributed by atoms with Crippen molar-refractivity contribution in [1.29, 1.82) is 0 Å². The molecule has 0 spiro atoms.